The van der Waals surface area contributed by atoms with Crippen LogP contribution in [0, 0.1) is 3.57 Å². The Morgan fingerprint density at radius 3 is 2.56 bits per heavy atom. The summed E-state index contributed by atoms with van der Waals surface area (Å²) in [4.78, 5) is 13.1. The molecule has 3 nitrogen and oxygen atoms in total. The number of carbonyl (C=O) groups excluding carboxylic acids is 1. The fraction of sp³-hybridized carbons (Fsp3) is 0.417. The average molecular weight is 333 g/mol. The summed E-state index contributed by atoms with van der Waals surface area (Å²) in [5.74, 6) is -0.158. The molecule has 0 atom stereocenters. The number of hydrogen-bond acceptors (Lipinski definition) is 3. The van der Waals surface area contributed by atoms with E-state index in [0.717, 1.165) is 13.1 Å². The molecule has 88 valence electrons. The van der Waals surface area contributed by atoms with Gasteiger partial charge >= 0.3 is 5.97 Å². The number of nitrogens with zero attached hydrogens (tertiary/aromatic N) is 1. The number of methoxy groups -OCH3 is 1. The van der Waals surface area contributed by atoms with Gasteiger partial charge in [-0.05, 0) is 47.3 Å². The van der Waals surface area contributed by atoms with Crippen molar-refractivity contribution in [2.24, 2.45) is 0 Å². The van der Waals surface area contributed by atoms with Gasteiger partial charge in [-0.15, -0.1) is 0 Å². The number of benzene rings is 1. The van der Waals surface area contributed by atoms with Gasteiger partial charge in [-0.3, -0.25) is 4.79 Å². The van der Waals surface area contributed by atoms with Crippen molar-refractivity contribution >= 4 is 28.6 Å². The maximum atomic E-state index is 11.0. The van der Waals surface area contributed by atoms with E-state index >= 15 is 0 Å². The number of rotatable bonds is 5. The lowest BCUT2D eigenvalue weighted by Crippen LogP contribution is -2.21. The zero-order valence-corrected chi connectivity index (χ0v) is 11.7. The number of esters is 1. The minimum atomic E-state index is -0.158. The molecular formula is C12H16INO2. The second-order valence-corrected chi connectivity index (χ2v) is 4.94. The fourth-order valence-corrected chi connectivity index (χ4v) is 1.72. The van der Waals surface area contributed by atoms with Crippen molar-refractivity contribution in [1.29, 1.82) is 0 Å². The topological polar surface area (TPSA) is 29.5 Å². The molecule has 0 amide bonds. The highest BCUT2D eigenvalue weighted by atomic mass is 127. The van der Waals surface area contributed by atoms with Crippen LogP contribution in [0.1, 0.15) is 12.0 Å². The standard InChI is InChI=1S/C12H16INO2/c1-14(8-7-12(15)16-2)9-10-3-5-11(13)6-4-10/h3-6H,7-9H2,1-2H3. The summed E-state index contributed by atoms with van der Waals surface area (Å²) in [7, 11) is 3.42. The van der Waals surface area contributed by atoms with E-state index in [1.807, 2.05) is 7.05 Å². The first kappa shape index (κ1) is 13.4. The molecule has 0 spiro atoms. The third kappa shape index (κ3) is 4.94. The Kier molecular flexibility index (Phi) is 5.76. The molecule has 0 unspecified atom stereocenters. The molecule has 0 saturated heterocycles. The minimum absolute atomic E-state index is 0.158. The van der Waals surface area contributed by atoms with Crippen LogP contribution in [-0.2, 0) is 16.1 Å². The molecular weight excluding hydrogens is 317 g/mol. The molecule has 16 heavy (non-hydrogen) atoms. The summed E-state index contributed by atoms with van der Waals surface area (Å²) in [6.07, 6.45) is 0.442. The largest absolute Gasteiger partial charge is 0.469 e. The first-order valence-electron chi connectivity index (χ1n) is 5.11. The van der Waals surface area contributed by atoms with Crippen LogP contribution in [0.25, 0.3) is 0 Å². The summed E-state index contributed by atoms with van der Waals surface area (Å²) in [5.41, 5.74) is 1.26. The van der Waals surface area contributed by atoms with Crippen LogP contribution in [0.5, 0.6) is 0 Å². The molecule has 4 heteroatoms. The van der Waals surface area contributed by atoms with Crippen molar-refractivity contribution in [3.8, 4) is 0 Å². The van der Waals surface area contributed by atoms with Gasteiger partial charge in [0.2, 0.25) is 0 Å². The van der Waals surface area contributed by atoms with Crippen molar-refractivity contribution in [1.82, 2.24) is 4.90 Å². The van der Waals surface area contributed by atoms with Gasteiger partial charge in [0.05, 0.1) is 13.5 Å². The Morgan fingerprint density at radius 2 is 2.00 bits per heavy atom. The minimum Gasteiger partial charge on any atom is -0.469 e. The lowest BCUT2D eigenvalue weighted by atomic mass is 10.2. The molecule has 0 fully saturated rings. The SMILES string of the molecule is COC(=O)CCN(C)Cc1ccc(I)cc1. The lowest BCUT2D eigenvalue weighted by molar-refractivity contribution is -0.140. The van der Waals surface area contributed by atoms with Crippen molar-refractivity contribution in [2.45, 2.75) is 13.0 Å². The Hall–Kier alpha value is -0.620. The smallest absolute Gasteiger partial charge is 0.306 e. The molecule has 1 aromatic carbocycles. The Labute approximate surface area is 110 Å². The molecule has 0 bridgehead atoms. The summed E-state index contributed by atoms with van der Waals surface area (Å²) in [6.45, 7) is 1.58. The van der Waals surface area contributed by atoms with E-state index in [2.05, 4.69) is 56.5 Å². The molecule has 1 rings (SSSR count). The highest BCUT2D eigenvalue weighted by Crippen LogP contribution is 2.08. The lowest BCUT2D eigenvalue weighted by Gasteiger charge is -2.15. The summed E-state index contributed by atoms with van der Waals surface area (Å²) in [6, 6.07) is 8.39. The first-order chi connectivity index (χ1) is 7.61. The first-order valence-corrected chi connectivity index (χ1v) is 6.19. The van der Waals surface area contributed by atoms with E-state index in [1.165, 1.54) is 16.2 Å². The van der Waals surface area contributed by atoms with Gasteiger partial charge in [0, 0.05) is 16.7 Å². The zero-order chi connectivity index (χ0) is 12.0. The van der Waals surface area contributed by atoms with E-state index in [0.29, 0.717) is 6.42 Å². The molecule has 0 aliphatic carbocycles. The quantitative estimate of drug-likeness (QED) is 0.612. The zero-order valence-electron chi connectivity index (χ0n) is 9.57. The normalized spacial score (nSPS) is 10.5. The molecule has 1 aromatic rings. The third-order valence-corrected chi connectivity index (χ3v) is 3.01. The average Bonchev–Trinajstić information content (AvgIpc) is 2.29. The molecule has 0 N–H and O–H groups in total. The summed E-state index contributed by atoms with van der Waals surface area (Å²) < 4.78 is 5.83. The Balaban J connectivity index is 2.36. The van der Waals surface area contributed by atoms with Gasteiger partial charge in [0.1, 0.15) is 0 Å². The van der Waals surface area contributed by atoms with Gasteiger partial charge in [-0.25, -0.2) is 0 Å². The molecule has 0 saturated carbocycles. The van der Waals surface area contributed by atoms with Crippen LogP contribution in [0.2, 0.25) is 0 Å². The number of ether oxygens (including phenoxy) is 1. The van der Waals surface area contributed by atoms with Crippen molar-refractivity contribution in [3.63, 3.8) is 0 Å². The van der Waals surface area contributed by atoms with Crippen LogP contribution < -0.4 is 0 Å². The maximum Gasteiger partial charge on any atom is 0.306 e. The fourth-order valence-electron chi connectivity index (χ4n) is 1.36. The van der Waals surface area contributed by atoms with Crippen LogP contribution >= 0.6 is 22.6 Å². The number of hydrogen-bond donors (Lipinski definition) is 0. The molecule has 0 aliphatic heterocycles. The molecule has 0 aromatic heterocycles. The van der Waals surface area contributed by atoms with Crippen molar-refractivity contribution in [3.05, 3.63) is 33.4 Å². The van der Waals surface area contributed by atoms with E-state index in [9.17, 15) is 4.79 Å². The highest BCUT2D eigenvalue weighted by Gasteiger charge is 2.04. The Bertz CT molecular complexity index is 337. The van der Waals surface area contributed by atoms with Crippen molar-refractivity contribution in [2.75, 3.05) is 20.7 Å². The molecule has 0 aliphatic rings. The maximum absolute atomic E-state index is 11.0. The number of halogens is 1. The van der Waals surface area contributed by atoms with Gasteiger partial charge < -0.3 is 9.64 Å². The summed E-state index contributed by atoms with van der Waals surface area (Å²) >= 11 is 2.29. The van der Waals surface area contributed by atoms with Crippen LogP contribution in [0.4, 0.5) is 0 Å². The van der Waals surface area contributed by atoms with Crippen LogP contribution in [0.3, 0.4) is 0 Å². The van der Waals surface area contributed by atoms with Crippen molar-refractivity contribution < 1.29 is 9.53 Å². The predicted octanol–water partition coefficient (Wildman–Crippen LogP) is 2.29. The Morgan fingerprint density at radius 1 is 1.38 bits per heavy atom. The van der Waals surface area contributed by atoms with Crippen LogP contribution in [-0.4, -0.2) is 31.6 Å². The van der Waals surface area contributed by atoms with Gasteiger partial charge in [-0.1, -0.05) is 12.1 Å². The van der Waals surface area contributed by atoms with E-state index in [4.69, 9.17) is 0 Å². The van der Waals surface area contributed by atoms with E-state index in [1.54, 1.807) is 0 Å². The van der Waals surface area contributed by atoms with Gasteiger partial charge in [0.15, 0.2) is 0 Å². The number of carbonyl (C=O) groups is 1. The highest BCUT2D eigenvalue weighted by molar-refractivity contribution is 14.1. The van der Waals surface area contributed by atoms with Gasteiger partial charge in [-0.2, -0.15) is 0 Å². The second kappa shape index (κ2) is 6.85. The predicted molar refractivity (Wildman–Crippen MR) is 72.1 cm³/mol. The molecule has 0 radical (unpaired) electrons. The van der Waals surface area contributed by atoms with E-state index < -0.39 is 0 Å². The third-order valence-electron chi connectivity index (χ3n) is 2.29. The van der Waals surface area contributed by atoms with Gasteiger partial charge in [0.25, 0.3) is 0 Å². The monoisotopic (exact) mass is 333 g/mol. The molecule has 0 heterocycles. The van der Waals surface area contributed by atoms with Crippen LogP contribution in [0.15, 0.2) is 24.3 Å². The van der Waals surface area contributed by atoms with E-state index in [-0.39, 0.29) is 5.97 Å². The summed E-state index contributed by atoms with van der Waals surface area (Å²) in [5, 5.41) is 0. The second-order valence-electron chi connectivity index (χ2n) is 3.69.